The SMILES string of the molecule is CCC(NC(=O)Cn1cnc2c1c(=O)n(C)c(=O)n2C)c1ccccc1. The third kappa shape index (κ3) is 3.05. The summed E-state index contributed by atoms with van der Waals surface area (Å²) in [7, 11) is 2.95. The monoisotopic (exact) mass is 355 g/mol. The Morgan fingerprint density at radius 1 is 1.15 bits per heavy atom. The number of amides is 1. The number of fused-ring (bicyclic) bond motifs is 1. The highest BCUT2D eigenvalue weighted by molar-refractivity contribution is 5.79. The molecule has 1 aromatic carbocycles. The number of aromatic nitrogens is 4. The van der Waals surface area contributed by atoms with E-state index in [1.807, 2.05) is 37.3 Å². The molecule has 2 heterocycles. The molecule has 1 unspecified atom stereocenters. The van der Waals surface area contributed by atoms with Gasteiger partial charge in [-0.15, -0.1) is 0 Å². The zero-order valence-electron chi connectivity index (χ0n) is 15.0. The lowest BCUT2D eigenvalue weighted by molar-refractivity contribution is -0.122. The summed E-state index contributed by atoms with van der Waals surface area (Å²) in [5.74, 6) is -0.226. The number of rotatable bonds is 5. The average molecular weight is 355 g/mol. The van der Waals surface area contributed by atoms with Crippen molar-refractivity contribution >= 4 is 17.1 Å². The molecule has 0 spiro atoms. The quantitative estimate of drug-likeness (QED) is 0.729. The van der Waals surface area contributed by atoms with E-state index in [0.717, 1.165) is 16.6 Å². The van der Waals surface area contributed by atoms with Gasteiger partial charge in [0.05, 0.1) is 12.4 Å². The van der Waals surface area contributed by atoms with Gasteiger partial charge in [0.25, 0.3) is 5.56 Å². The molecule has 8 nitrogen and oxygen atoms in total. The first kappa shape index (κ1) is 17.7. The summed E-state index contributed by atoms with van der Waals surface area (Å²) in [6, 6.07) is 9.61. The molecule has 1 amide bonds. The van der Waals surface area contributed by atoms with Crippen molar-refractivity contribution in [1.82, 2.24) is 24.0 Å². The molecule has 1 N–H and O–H groups in total. The van der Waals surface area contributed by atoms with Crippen LogP contribution in [0.3, 0.4) is 0 Å². The van der Waals surface area contributed by atoms with Crippen LogP contribution in [0.15, 0.2) is 46.2 Å². The van der Waals surface area contributed by atoms with Crippen LogP contribution in [0.1, 0.15) is 24.9 Å². The van der Waals surface area contributed by atoms with Crippen molar-refractivity contribution in [3.8, 4) is 0 Å². The first-order valence-electron chi connectivity index (χ1n) is 8.39. The Labute approximate surface area is 149 Å². The summed E-state index contributed by atoms with van der Waals surface area (Å²) in [4.78, 5) is 41.0. The molecule has 0 saturated heterocycles. The van der Waals surface area contributed by atoms with Gasteiger partial charge in [-0.05, 0) is 12.0 Å². The molecular weight excluding hydrogens is 334 g/mol. The van der Waals surface area contributed by atoms with E-state index in [1.54, 1.807) is 7.05 Å². The van der Waals surface area contributed by atoms with Crippen molar-refractivity contribution < 1.29 is 4.79 Å². The topological polar surface area (TPSA) is 90.9 Å². The zero-order chi connectivity index (χ0) is 18.8. The van der Waals surface area contributed by atoms with E-state index in [2.05, 4.69) is 10.3 Å². The zero-order valence-corrected chi connectivity index (χ0v) is 15.0. The minimum atomic E-state index is -0.469. The van der Waals surface area contributed by atoms with E-state index in [1.165, 1.54) is 22.5 Å². The van der Waals surface area contributed by atoms with Gasteiger partial charge in [0, 0.05) is 14.1 Å². The van der Waals surface area contributed by atoms with Gasteiger partial charge < -0.3 is 9.88 Å². The number of hydrogen-bond acceptors (Lipinski definition) is 4. The summed E-state index contributed by atoms with van der Waals surface area (Å²) in [5, 5.41) is 2.98. The smallest absolute Gasteiger partial charge is 0.332 e. The van der Waals surface area contributed by atoms with Gasteiger partial charge >= 0.3 is 5.69 Å². The number of hydrogen-bond donors (Lipinski definition) is 1. The molecule has 0 aliphatic carbocycles. The molecule has 8 heteroatoms. The van der Waals surface area contributed by atoms with Crippen LogP contribution in [-0.4, -0.2) is 24.6 Å². The molecular formula is C18H21N5O3. The van der Waals surface area contributed by atoms with E-state index < -0.39 is 11.2 Å². The number of imidazole rings is 1. The van der Waals surface area contributed by atoms with Crippen molar-refractivity contribution in [3.05, 3.63) is 63.1 Å². The van der Waals surface area contributed by atoms with Gasteiger partial charge in [0.1, 0.15) is 6.54 Å². The maximum Gasteiger partial charge on any atom is 0.332 e. The van der Waals surface area contributed by atoms with Crippen LogP contribution < -0.4 is 16.6 Å². The molecule has 0 bridgehead atoms. The van der Waals surface area contributed by atoms with Gasteiger partial charge in [-0.1, -0.05) is 37.3 Å². The lowest BCUT2D eigenvalue weighted by Gasteiger charge is -2.17. The van der Waals surface area contributed by atoms with Crippen LogP contribution in [0.25, 0.3) is 11.2 Å². The fourth-order valence-corrected chi connectivity index (χ4v) is 3.02. The number of benzene rings is 1. The molecule has 0 aliphatic heterocycles. The van der Waals surface area contributed by atoms with Crippen LogP contribution in [0, 0.1) is 0 Å². The third-order valence-corrected chi connectivity index (χ3v) is 4.48. The summed E-state index contributed by atoms with van der Waals surface area (Å²) in [6.45, 7) is 1.95. The summed E-state index contributed by atoms with van der Waals surface area (Å²) in [6.07, 6.45) is 2.16. The highest BCUT2D eigenvalue weighted by Crippen LogP contribution is 2.16. The van der Waals surface area contributed by atoms with Crippen LogP contribution in [0.5, 0.6) is 0 Å². The fourth-order valence-electron chi connectivity index (χ4n) is 3.02. The number of nitrogens with zero attached hydrogens (tertiary/aromatic N) is 4. The van der Waals surface area contributed by atoms with Crippen LogP contribution >= 0.6 is 0 Å². The molecule has 26 heavy (non-hydrogen) atoms. The van der Waals surface area contributed by atoms with Crippen molar-refractivity contribution in [2.24, 2.45) is 14.1 Å². The van der Waals surface area contributed by atoms with Gasteiger partial charge in [0.15, 0.2) is 11.2 Å². The highest BCUT2D eigenvalue weighted by Gasteiger charge is 2.17. The van der Waals surface area contributed by atoms with Crippen LogP contribution in [0.4, 0.5) is 0 Å². The van der Waals surface area contributed by atoms with E-state index in [0.29, 0.717) is 0 Å². The third-order valence-electron chi connectivity index (χ3n) is 4.48. The largest absolute Gasteiger partial charge is 0.348 e. The Hall–Kier alpha value is -3.16. The molecule has 0 aliphatic rings. The number of carbonyl (C=O) groups excluding carboxylic acids is 1. The summed E-state index contributed by atoms with van der Waals surface area (Å²) in [5.41, 5.74) is 0.603. The van der Waals surface area contributed by atoms with E-state index in [-0.39, 0.29) is 29.7 Å². The Morgan fingerprint density at radius 2 is 1.85 bits per heavy atom. The second kappa shape index (κ2) is 6.99. The van der Waals surface area contributed by atoms with Gasteiger partial charge in [-0.25, -0.2) is 9.78 Å². The Balaban J connectivity index is 1.89. The van der Waals surface area contributed by atoms with E-state index >= 15 is 0 Å². The minimum absolute atomic E-state index is 0.0483. The fraction of sp³-hybridized carbons (Fsp3) is 0.333. The van der Waals surface area contributed by atoms with Gasteiger partial charge in [0.2, 0.25) is 5.91 Å². The first-order valence-corrected chi connectivity index (χ1v) is 8.39. The Kier molecular flexibility index (Phi) is 4.75. The standard InChI is InChI=1S/C18H21N5O3/c1-4-13(12-8-6-5-7-9-12)20-14(24)10-23-11-19-16-15(23)17(25)22(3)18(26)21(16)2/h5-9,11,13H,4,10H2,1-3H3,(H,20,24). The van der Waals surface area contributed by atoms with Crippen LogP contribution in [0.2, 0.25) is 0 Å². The van der Waals surface area contributed by atoms with E-state index in [9.17, 15) is 14.4 Å². The molecule has 0 saturated carbocycles. The number of aryl methyl sites for hydroxylation is 1. The minimum Gasteiger partial charge on any atom is -0.348 e. The van der Waals surface area contributed by atoms with Gasteiger partial charge in [-0.3, -0.25) is 18.7 Å². The van der Waals surface area contributed by atoms with Crippen molar-refractivity contribution in [3.63, 3.8) is 0 Å². The molecule has 2 aromatic heterocycles. The van der Waals surface area contributed by atoms with Gasteiger partial charge in [-0.2, -0.15) is 0 Å². The number of nitrogens with one attached hydrogen (secondary N) is 1. The molecule has 1 atom stereocenters. The molecule has 136 valence electrons. The molecule has 3 aromatic rings. The average Bonchev–Trinajstić information content (AvgIpc) is 3.07. The lowest BCUT2D eigenvalue weighted by Crippen LogP contribution is -2.38. The van der Waals surface area contributed by atoms with Crippen LogP contribution in [-0.2, 0) is 25.4 Å². The predicted octanol–water partition coefficient (Wildman–Crippen LogP) is 0.701. The molecule has 0 fully saturated rings. The van der Waals surface area contributed by atoms with Crippen molar-refractivity contribution in [2.45, 2.75) is 25.9 Å². The maximum absolute atomic E-state index is 12.5. The molecule has 0 radical (unpaired) electrons. The summed E-state index contributed by atoms with van der Waals surface area (Å²) >= 11 is 0. The Bertz CT molecular complexity index is 1060. The second-order valence-corrected chi connectivity index (χ2v) is 6.19. The molecule has 3 rings (SSSR count). The normalized spacial score (nSPS) is 12.3. The first-order chi connectivity index (χ1) is 12.4. The van der Waals surface area contributed by atoms with Crippen molar-refractivity contribution in [2.75, 3.05) is 0 Å². The maximum atomic E-state index is 12.5. The van der Waals surface area contributed by atoms with Crippen molar-refractivity contribution in [1.29, 1.82) is 0 Å². The summed E-state index contributed by atoms with van der Waals surface area (Å²) < 4.78 is 3.78. The Morgan fingerprint density at radius 3 is 2.50 bits per heavy atom. The number of carbonyl (C=O) groups is 1. The highest BCUT2D eigenvalue weighted by atomic mass is 16.2. The predicted molar refractivity (Wildman–Crippen MR) is 97.8 cm³/mol. The second-order valence-electron chi connectivity index (χ2n) is 6.19. The van der Waals surface area contributed by atoms with E-state index in [4.69, 9.17) is 0 Å². The lowest BCUT2D eigenvalue weighted by atomic mass is 10.0.